The van der Waals surface area contributed by atoms with Crippen LogP contribution >= 0.6 is 0 Å². The van der Waals surface area contributed by atoms with E-state index in [1.54, 1.807) is 30.3 Å². The van der Waals surface area contributed by atoms with Gasteiger partial charge < -0.3 is 4.74 Å². The number of rotatable bonds is 11. The maximum absolute atomic E-state index is 12.4. The van der Waals surface area contributed by atoms with Gasteiger partial charge in [0.1, 0.15) is 5.75 Å². The molecule has 29 heavy (non-hydrogen) atoms. The number of benzene rings is 2. The second kappa shape index (κ2) is 12.0. The number of hydrogen-bond acceptors (Lipinski definition) is 3. The number of carbonyl (C=O) groups excluding carboxylic acids is 2. The molecule has 2 aromatic carbocycles. The molecule has 0 aliphatic rings. The topological polar surface area (TPSA) is 43.4 Å². The number of ether oxygens (including phenoxy) is 1. The molecule has 0 saturated heterocycles. The van der Waals surface area contributed by atoms with Crippen molar-refractivity contribution in [2.24, 2.45) is 0 Å². The minimum Gasteiger partial charge on any atom is -0.427 e. The second-order valence-electron chi connectivity index (χ2n) is 7.68. The summed E-state index contributed by atoms with van der Waals surface area (Å²) in [7, 11) is 0. The average Bonchev–Trinajstić information content (AvgIpc) is 2.72. The predicted octanol–water partition coefficient (Wildman–Crippen LogP) is 6.97. The average molecular weight is 393 g/mol. The van der Waals surface area contributed by atoms with Crippen LogP contribution in [0.15, 0.2) is 54.6 Å². The first-order valence-electron chi connectivity index (χ1n) is 10.6. The largest absolute Gasteiger partial charge is 0.427 e. The van der Waals surface area contributed by atoms with Crippen LogP contribution in [0.4, 0.5) is 0 Å². The second-order valence-corrected chi connectivity index (χ2v) is 7.68. The zero-order valence-electron chi connectivity index (χ0n) is 17.8. The van der Waals surface area contributed by atoms with Gasteiger partial charge in [0.15, 0.2) is 5.78 Å². The van der Waals surface area contributed by atoms with E-state index >= 15 is 0 Å². The number of esters is 1. The lowest BCUT2D eigenvalue weighted by Crippen LogP contribution is -2.07. The summed E-state index contributed by atoms with van der Waals surface area (Å²) >= 11 is 0. The number of carbonyl (C=O) groups is 2. The lowest BCUT2D eigenvalue weighted by molar-refractivity contribution is -0.134. The molecule has 0 spiro atoms. The highest BCUT2D eigenvalue weighted by Crippen LogP contribution is 2.17. The van der Waals surface area contributed by atoms with E-state index in [0.29, 0.717) is 23.7 Å². The quantitative estimate of drug-likeness (QED) is 0.136. The normalized spacial score (nSPS) is 11.2. The van der Waals surface area contributed by atoms with Crippen LogP contribution in [0.25, 0.3) is 6.08 Å². The van der Waals surface area contributed by atoms with Crippen molar-refractivity contribution in [2.75, 3.05) is 0 Å². The summed E-state index contributed by atoms with van der Waals surface area (Å²) in [6.45, 7) is 6.48. The van der Waals surface area contributed by atoms with Gasteiger partial charge in [-0.1, -0.05) is 76.8 Å². The van der Waals surface area contributed by atoms with Crippen LogP contribution in [0.2, 0.25) is 0 Å². The molecule has 2 rings (SSSR count). The van der Waals surface area contributed by atoms with Gasteiger partial charge in [0.05, 0.1) is 0 Å². The highest BCUT2D eigenvalue weighted by molar-refractivity contribution is 6.06. The maximum atomic E-state index is 12.4. The van der Waals surface area contributed by atoms with E-state index in [0.717, 1.165) is 24.8 Å². The fourth-order valence-electron chi connectivity index (χ4n) is 3.00. The lowest BCUT2D eigenvalue weighted by atomic mass is 10.0. The van der Waals surface area contributed by atoms with Crippen LogP contribution in [0, 0.1) is 0 Å². The molecule has 0 unspecified atom stereocenters. The Bertz CT molecular complexity index is 799. The SMILES string of the molecule is CCCCCCCC(=O)Oc1ccc(C(=O)C=Cc2ccc(C(C)C)cc2)cc1. The van der Waals surface area contributed by atoms with E-state index in [-0.39, 0.29) is 11.8 Å². The highest BCUT2D eigenvalue weighted by atomic mass is 16.5. The van der Waals surface area contributed by atoms with Gasteiger partial charge in [-0.2, -0.15) is 0 Å². The van der Waals surface area contributed by atoms with Crippen LogP contribution in [0.5, 0.6) is 5.75 Å². The Hall–Kier alpha value is -2.68. The Morgan fingerprint density at radius 1 is 0.897 bits per heavy atom. The predicted molar refractivity (Wildman–Crippen MR) is 119 cm³/mol. The minimum absolute atomic E-state index is 0.0771. The first-order valence-corrected chi connectivity index (χ1v) is 10.6. The Morgan fingerprint density at radius 3 is 2.17 bits per heavy atom. The Morgan fingerprint density at radius 2 is 1.55 bits per heavy atom. The summed E-state index contributed by atoms with van der Waals surface area (Å²) in [5.74, 6) is 0.675. The van der Waals surface area contributed by atoms with Crippen molar-refractivity contribution < 1.29 is 14.3 Å². The molecular weight excluding hydrogens is 360 g/mol. The summed E-state index contributed by atoms with van der Waals surface area (Å²) in [6, 6.07) is 14.9. The smallest absolute Gasteiger partial charge is 0.311 e. The number of unbranched alkanes of at least 4 members (excludes halogenated alkanes) is 4. The molecule has 3 nitrogen and oxygen atoms in total. The highest BCUT2D eigenvalue weighted by Gasteiger charge is 2.07. The summed E-state index contributed by atoms with van der Waals surface area (Å²) in [4.78, 5) is 24.2. The minimum atomic E-state index is -0.217. The zero-order valence-corrected chi connectivity index (χ0v) is 17.8. The van der Waals surface area contributed by atoms with Crippen molar-refractivity contribution in [2.45, 2.75) is 65.2 Å². The van der Waals surface area contributed by atoms with Crippen LogP contribution in [0.1, 0.15) is 86.7 Å². The van der Waals surface area contributed by atoms with Gasteiger partial charge in [0.2, 0.25) is 0 Å². The van der Waals surface area contributed by atoms with Gasteiger partial charge in [-0.25, -0.2) is 0 Å². The van der Waals surface area contributed by atoms with E-state index in [9.17, 15) is 9.59 Å². The number of ketones is 1. The third kappa shape index (κ3) is 8.06. The van der Waals surface area contributed by atoms with Gasteiger partial charge in [-0.15, -0.1) is 0 Å². The van der Waals surface area contributed by atoms with Crippen molar-refractivity contribution >= 4 is 17.8 Å². The van der Waals surface area contributed by atoms with Gasteiger partial charge >= 0.3 is 5.97 Å². The van der Waals surface area contributed by atoms with Gasteiger partial charge in [-0.05, 0) is 53.8 Å². The van der Waals surface area contributed by atoms with Crippen molar-refractivity contribution in [1.29, 1.82) is 0 Å². The van der Waals surface area contributed by atoms with E-state index in [1.807, 2.05) is 18.2 Å². The van der Waals surface area contributed by atoms with Crippen LogP contribution in [-0.2, 0) is 4.79 Å². The molecule has 0 saturated carbocycles. The zero-order chi connectivity index (χ0) is 21.1. The summed E-state index contributed by atoms with van der Waals surface area (Å²) in [5, 5.41) is 0. The molecule has 0 bridgehead atoms. The molecule has 3 heteroatoms. The monoisotopic (exact) mass is 392 g/mol. The molecule has 0 heterocycles. The molecule has 0 amide bonds. The molecule has 0 N–H and O–H groups in total. The molecule has 0 aliphatic carbocycles. The van der Waals surface area contributed by atoms with Crippen LogP contribution in [0.3, 0.4) is 0 Å². The fraction of sp³-hybridized carbons (Fsp3) is 0.385. The Labute approximate surface area is 174 Å². The van der Waals surface area contributed by atoms with Gasteiger partial charge in [0.25, 0.3) is 0 Å². The third-order valence-corrected chi connectivity index (χ3v) is 4.89. The lowest BCUT2D eigenvalue weighted by Gasteiger charge is -2.05. The van der Waals surface area contributed by atoms with Crippen LogP contribution < -0.4 is 4.74 Å². The Kier molecular flexibility index (Phi) is 9.36. The third-order valence-electron chi connectivity index (χ3n) is 4.89. The van der Waals surface area contributed by atoms with E-state index in [1.165, 1.54) is 18.4 Å². The summed E-state index contributed by atoms with van der Waals surface area (Å²) in [6.07, 6.45) is 9.30. The van der Waals surface area contributed by atoms with Crippen molar-refractivity contribution in [3.8, 4) is 5.75 Å². The first-order chi connectivity index (χ1) is 14.0. The molecule has 0 radical (unpaired) electrons. The number of hydrogen-bond donors (Lipinski definition) is 0. The molecule has 0 atom stereocenters. The number of allylic oxidation sites excluding steroid dienone is 1. The van der Waals surface area contributed by atoms with E-state index in [4.69, 9.17) is 4.74 Å². The Balaban J connectivity index is 1.84. The van der Waals surface area contributed by atoms with Crippen molar-refractivity contribution in [3.63, 3.8) is 0 Å². The summed E-state index contributed by atoms with van der Waals surface area (Å²) < 4.78 is 5.35. The van der Waals surface area contributed by atoms with E-state index < -0.39 is 0 Å². The van der Waals surface area contributed by atoms with Crippen LogP contribution in [-0.4, -0.2) is 11.8 Å². The molecule has 154 valence electrons. The molecule has 0 aliphatic heterocycles. The fourth-order valence-corrected chi connectivity index (χ4v) is 3.00. The van der Waals surface area contributed by atoms with Gasteiger partial charge in [-0.3, -0.25) is 9.59 Å². The van der Waals surface area contributed by atoms with Crippen molar-refractivity contribution in [1.82, 2.24) is 0 Å². The standard InChI is InChI=1S/C26H32O3/c1-4-5-6-7-8-9-26(28)29-24-17-15-23(16-18-24)25(27)19-12-21-10-13-22(14-11-21)20(2)3/h10-20H,4-9H2,1-3H3. The van der Waals surface area contributed by atoms with Gasteiger partial charge in [0, 0.05) is 12.0 Å². The summed E-state index contributed by atoms with van der Waals surface area (Å²) in [5.41, 5.74) is 2.84. The molecule has 0 fully saturated rings. The van der Waals surface area contributed by atoms with Crippen molar-refractivity contribution in [3.05, 3.63) is 71.3 Å². The molecular formula is C26H32O3. The first kappa shape index (κ1) is 22.6. The molecule has 2 aromatic rings. The maximum Gasteiger partial charge on any atom is 0.311 e. The van der Waals surface area contributed by atoms with E-state index in [2.05, 4.69) is 32.9 Å². The molecule has 0 aromatic heterocycles.